The number of aliphatic hydroxyl groups excluding tert-OH is 2. The van der Waals surface area contributed by atoms with Crippen LogP contribution in [0.4, 0.5) is 0 Å². The Morgan fingerprint density at radius 2 is 1.17 bits per heavy atom. The number of hydrogen-bond donors (Lipinski definition) is 10. The van der Waals surface area contributed by atoms with Crippen LogP contribution in [-0.4, -0.2) is 63.3 Å². The predicted molar refractivity (Wildman–Crippen MR) is 143 cm³/mol. The number of ether oxygens (including phenoxy) is 2. The second-order valence-electron chi connectivity index (χ2n) is 10.3. The molecule has 0 amide bonds. The third kappa shape index (κ3) is 4.24. The molecule has 4 aromatic carbocycles. The van der Waals surface area contributed by atoms with Crippen LogP contribution in [0.2, 0.25) is 0 Å². The molecule has 0 aromatic heterocycles. The average molecular weight is 579 g/mol. The summed E-state index contributed by atoms with van der Waals surface area (Å²) >= 11 is 0. The maximum absolute atomic E-state index is 11.8. The van der Waals surface area contributed by atoms with Crippen molar-refractivity contribution in [1.29, 1.82) is 0 Å². The first-order valence-electron chi connectivity index (χ1n) is 12.8. The standard InChI is InChI=1S/C30H26O12/c31-13-7-20(37)25-23(8-13)41-30(27(40)24(25)11-1-3-15(32)18(35)5-11)26-21(38)10-17(34)14-9-22(39)28(42-29(14)26)12-2-4-16(33)19(36)6-12/h1-8,10,22,24,27-28,30-40H,9H2/t22-,24+,27-,28-,30?/m1/s1. The highest BCUT2D eigenvalue weighted by Crippen LogP contribution is 2.56. The highest BCUT2D eigenvalue weighted by molar-refractivity contribution is 5.63. The van der Waals surface area contributed by atoms with Gasteiger partial charge in [-0.05, 0) is 35.4 Å². The lowest BCUT2D eigenvalue weighted by atomic mass is 9.78. The minimum absolute atomic E-state index is 0.0579. The molecule has 0 spiro atoms. The van der Waals surface area contributed by atoms with Crippen LogP contribution in [0.5, 0.6) is 57.5 Å². The van der Waals surface area contributed by atoms with E-state index in [2.05, 4.69) is 0 Å². The molecule has 0 radical (unpaired) electrons. The molecular weight excluding hydrogens is 552 g/mol. The number of rotatable bonds is 3. The van der Waals surface area contributed by atoms with Gasteiger partial charge in [0.25, 0.3) is 0 Å². The summed E-state index contributed by atoms with van der Waals surface area (Å²) < 4.78 is 12.2. The zero-order valence-corrected chi connectivity index (χ0v) is 21.6. The van der Waals surface area contributed by atoms with Crippen LogP contribution >= 0.6 is 0 Å². The third-order valence-electron chi connectivity index (χ3n) is 7.68. The van der Waals surface area contributed by atoms with Gasteiger partial charge in [0.15, 0.2) is 29.1 Å². The summed E-state index contributed by atoms with van der Waals surface area (Å²) in [7, 11) is 0. The lowest BCUT2D eigenvalue weighted by Gasteiger charge is -2.40. The summed E-state index contributed by atoms with van der Waals surface area (Å²) in [6.45, 7) is 0. The van der Waals surface area contributed by atoms with Crippen LogP contribution in [0, 0.1) is 0 Å². The second-order valence-corrected chi connectivity index (χ2v) is 10.3. The largest absolute Gasteiger partial charge is 0.508 e. The van der Waals surface area contributed by atoms with E-state index in [9.17, 15) is 51.1 Å². The fourth-order valence-corrected chi connectivity index (χ4v) is 5.71. The predicted octanol–water partition coefficient (Wildman–Crippen LogP) is 3.00. The van der Waals surface area contributed by atoms with Crippen molar-refractivity contribution in [2.45, 2.75) is 36.8 Å². The molecule has 42 heavy (non-hydrogen) atoms. The highest BCUT2D eigenvalue weighted by Gasteiger charge is 2.46. The topological polar surface area (TPSA) is 221 Å². The SMILES string of the molecule is Oc1cc(O)c2c(c1)OC(c1c(O)cc(O)c3c1O[C@H](c1ccc(O)c(O)c1)[C@H](O)C3)[C@H](O)[C@H]2c1ccc(O)c(O)c1. The number of phenols is 8. The summed E-state index contributed by atoms with van der Waals surface area (Å²) in [6, 6.07) is 10.8. The van der Waals surface area contributed by atoms with Gasteiger partial charge in [0.2, 0.25) is 0 Å². The van der Waals surface area contributed by atoms with Gasteiger partial charge in [-0.3, -0.25) is 0 Å². The number of aromatic hydroxyl groups is 8. The monoisotopic (exact) mass is 578 g/mol. The lowest BCUT2D eigenvalue weighted by Crippen LogP contribution is -2.37. The first-order chi connectivity index (χ1) is 19.9. The van der Waals surface area contributed by atoms with Gasteiger partial charge in [-0.1, -0.05) is 12.1 Å². The molecular formula is C30H26O12. The number of hydrogen-bond acceptors (Lipinski definition) is 12. The van der Waals surface area contributed by atoms with E-state index in [0.717, 1.165) is 12.1 Å². The Morgan fingerprint density at radius 3 is 1.83 bits per heavy atom. The molecule has 2 heterocycles. The van der Waals surface area contributed by atoms with Crippen LogP contribution in [0.3, 0.4) is 0 Å². The average Bonchev–Trinajstić information content (AvgIpc) is 2.92. The van der Waals surface area contributed by atoms with Crippen molar-refractivity contribution < 1.29 is 60.5 Å². The lowest BCUT2D eigenvalue weighted by molar-refractivity contribution is -0.00528. The Labute approximate surface area is 237 Å². The van der Waals surface area contributed by atoms with E-state index >= 15 is 0 Å². The maximum atomic E-state index is 11.8. The van der Waals surface area contributed by atoms with Crippen molar-refractivity contribution in [3.05, 3.63) is 82.4 Å². The third-order valence-corrected chi connectivity index (χ3v) is 7.68. The number of fused-ring (bicyclic) bond motifs is 2. The molecule has 12 heteroatoms. The zero-order valence-electron chi connectivity index (χ0n) is 21.6. The van der Waals surface area contributed by atoms with Crippen molar-refractivity contribution in [3.63, 3.8) is 0 Å². The van der Waals surface area contributed by atoms with Gasteiger partial charge in [-0.15, -0.1) is 0 Å². The first kappa shape index (κ1) is 27.0. The molecule has 12 nitrogen and oxygen atoms in total. The van der Waals surface area contributed by atoms with Crippen LogP contribution in [-0.2, 0) is 6.42 Å². The van der Waals surface area contributed by atoms with Crippen molar-refractivity contribution in [2.24, 2.45) is 0 Å². The molecule has 1 unspecified atom stereocenters. The number of phenolic OH excluding ortho intramolecular Hbond substituents is 8. The molecule has 0 aliphatic carbocycles. The first-order valence-corrected chi connectivity index (χ1v) is 12.8. The Balaban J connectivity index is 1.52. The van der Waals surface area contributed by atoms with Crippen molar-refractivity contribution in [2.75, 3.05) is 0 Å². The Bertz CT molecular complexity index is 1720. The van der Waals surface area contributed by atoms with Gasteiger partial charge in [-0.2, -0.15) is 0 Å². The maximum Gasteiger partial charge on any atom is 0.158 e. The summed E-state index contributed by atoms with van der Waals surface area (Å²) in [5, 5.41) is 105. The quantitative estimate of drug-likeness (QED) is 0.159. The summed E-state index contributed by atoms with van der Waals surface area (Å²) in [4.78, 5) is 0. The van der Waals surface area contributed by atoms with E-state index in [1.807, 2.05) is 0 Å². The Hall–Kier alpha value is -5.20. The van der Waals surface area contributed by atoms with Gasteiger partial charge in [0, 0.05) is 41.7 Å². The van der Waals surface area contributed by atoms with E-state index < -0.39 is 70.6 Å². The van der Waals surface area contributed by atoms with Gasteiger partial charge >= 0.3 is 0 Å². The van der Waals surface area contributed by atoms with Crippen molar-refractivity contribution in [3.8, 4) is 57.5 Å². The summed E-state index contributed by atoms with van der Waals surface area (Å²) in [5.74, 6) is -4.84. The molecule has 6 rings (SSSR count). The van der Waals surface area contributed by atoms with Crippen LogP contribution in [0.15, 0.2) is 54.6 Å². The molecule has 2 aliphatic rings. The number of benzene rings is 4. The van der Waals surface area contributed by atoms with E-state index in [1.54, 1.807) is 0 Å². The molecule has 4 aromatic rings. The fraction of sp³-hybridized carbons (Fsp3) is 0.200. The van der Waals surface area contributed by atoms with Crippen molar-refractivity contribution >= 4 is 0 Å². The minimum atomic E-state index is -1.59. The minimum Gasteiger partial charge on any atom is -0.508 e. The van der Waals surface area contributed by atoms with E-state index in [-0.39, 0.29) is 51.5 Å². The summed E-state index contributed by atoms with van der Waals surface area (Å²) in [5.41, 5.74) is 0.530. The molecule has 218 valence electrons. The van der Waals surface area contributed by atoms with E-state index in [0.29, 0.717) is 0 Å². The molecule has 5 atom stereocenters. The Kier molecular flexibility index (Phi) is 6.24. The summed E-state index contributed by atoms with van der Waals surface area (Å²) in [6.07, 6.45) is -5.60. The van der Waals surface area contributed by atoms with Gasteiger partial charge in [0.1, 0.15) is 46.7 Å². The molecule has 0 fully saturated rings. The fourth-order valence-electron chi connectivity index (χ4n) is 5.71. The molecule has 0 saturated heterocycles. The number of aliphatic hydroxyl groups is 2. The molecule has 10 N–H and O–H groups in total. The van der Waals surface area contributed by atoms with Gasteiger partial charge in [0.05, 0.1) is 11.7 Å². The van der Waals surface area contributed by atoms with E-state index in [4.69, 9.17) is 9.47 Å². The van der Waals surface area contributed by atoms with Crippen LogP contribution < -0.4 is 9.47 Å². The van der Waals surface area contributed by atoms with Crippen LogP contribution in [0.25, 0.3) is 0 Å². The van der Waals surface area contributed by atoms with Gasteiger partial charge in [-0.25, -0.2) is 0 Å². The highest BCUT2D eigenvalue weighted by atomic mass is 16.5. The molecule has 2 aliphatic heterocycles. The second kappa shape index (κ2) is 9.72. The van der Waals surface area contributed by atoms with E-state index in [1.165, 1.54) is 42.5 Å². The Morgan fingerprint density at radius 1 is 0.548 bits per heavy atom. The molecule has 0 saturated carbocycles. The smallest absolute Gasteiger partial charge is 0.158 e. The van der Waals surface area contributed by atoms with Gasteiger partial charge < -0.3 is 60.5 Å². The normalized spacial score (nSPS) is 22.9. The van der Waals surface area contributed by atoms with Crippen LogP contribution in [0.1, 0.15) is 45.9 Å². The molecule has 0 bridgehead atoms. The zero-order chi connectivity index (χ0) is 30.0. The van der Waals surface area contributed by atoms with Crippen molar-refractivity contribution in [1.82, 2.24) is 0 Å².